The first-order valence-electron chi connectivity index (χ1n) is 10.4. The molecule has 1 fully saturated rings. The minimum Gasteiger partial charge on any atom is -0.426 e. The van der Waals surface area contributed by atoms with Crippen LogP contribution in [0.4, 0.5) is 11.4 Å². The molecule has 8 nitrogen and oxygen atoms in total. The van der Waals surface area contributed by atoms with Crippen molar-refractivity contribution in [2.24, 2.45) is 5.92 Å². The van der Waals surface area contributed by atoms with Gasteiger partial charge in [-0.25, -0.2) is 4.90 Å². The molecule has 0 radical (unpaired) electrons. The Balaban J connectivity index is 1.49. The summed E-state index contributed by atoms with van der Waals surface area (Å²) in [7, 11) is 0. The molecule has 1 aliphatic carbocycles. The zero-order valence-corrected chi connectivity index (χ0v) is 16.9. The lowest BCUT2D eigenvalue weighted by Crippen LogP contribution is -2.40. The van der Waals surface area contributed by atoms with Crippen molar-refractivity contribution in [3.8, 4) is 5.75 Å². The summed E-state index contributed by atoms with van der Waals surface area (Å²) >= 11 is 0. The van der Waals surface area contributed by atoms with Crippen LogP contribution in [0.1, 0.15) is 46.4 Å². The Kier molecular flexibility index (Phi) is 4.70. The number of nitrogens with zero attached hydrogens (tertiary/aromatic N) is 2. The summed E-state index contributed by atoms with van der Waals surface area (Å²) in [6.07, 6.45) is 3.68. The summed E-state index contributed by atoms with van der Waals surface area (Å²) in [5.41, 5.74) is 0.459. The van der Waals surface area contributed by atoms with E-state index in [0.29, 0.717) is 22.1 Å². The molecule has 0 unspecified atom stereocenters. The van der Waals surface area contributed by atoms with Gasteiger partial charge in [0.2, 0.25) is 0 Å². The van der Waals surface area contributed by atoms with Crippen LogP contribution in [0.3, 0.4) is 0 Å². The van der Waals surface area contributed by atoms with Crippen LogP contribution in [0.5, 0.6) is 5.75 Å². The third-order valence-electron chi connectivity index (χ3n) is 6.04. The van der Waals surface area contributed by atoms with Gasteiger partial charge in [0, 0.05) is 23.1 Å². The van der Waals surface area contributed by atoms with Crippen LogP contribution in [-0.2, 0) is 4.79 Å². The van der Waals surface area contributed by atoms with Gasteiger partial charge in [0.15, 0.2) is 0 Å². The van der Waals surface area contributed by atoms with E-state index in [0.717, 1.165) is 30.6 Å². The van der Waals surface area contributed by atoms with Crippen molar-refractivity contribution in [2.45, 2.75) is 25.7 Å². The van der Waals surface area contributed by atoms with Crippen molar-refractivity contribution < 1.29 is 24.0 Å². The molecule has 160 valence electrons. The molecule has 0 N–H and O–H groups in total. The highest BCUT2D eigenvalue weighted by molar-refractivity contribution is 6.36. The highest BCUT2D eigenvalue weighted by Crippen LogP contribution is 2.36. The van der Waals surface area contributed by atoms with Gasteiger partial charge >= 0.3 is 5.97 Å². The van der Waals surface area contributed by atoms with Crippen LogP contribution in [0.2, 0.25) is 0 Å². The van der Waals surface area contributed by atoms with Crippen molar-refractivity contribution >= 4 is 39.9 Å². The number of non-ortho nitro benzene ring substituents is 1. The number of nitro benzene ring substituents is 1. The molecule has 1 saturated carbocycles. The first kappa shape index (κ1) is 19.9. The first-order valence-corrected chi connectivity index (χ1v) is 10.4. The Morgan fingerprint density at radius 1 is 0.969 bits per heavy atom. The van der Waals surface area contributed by atoms with E-state index in [2.05, 4.69) is 0 Å². The van der Waals surface area contributed by atoms with Gasteiger partial charge in [0.05, 0.1) is 22.1 Å². The molecular formula is C24H18N2O6. The van der Waals surface area contributed by atoms with Crippen molar-refractivity contribution in [1.82, 2.24) is 0 Å². The van der Waals surface area contributed by atoms with Gasteiger partial charge in [-0.15, -0.1) is 0 Å². The fourth-order valence-electron chi connectivity index (χ4n) is 4.46. The number of hydrogen-bond acceptors (Lipinski definition) is 6. The normalized spacial score (nSPS) is 15.9. The van der Waals surface area contributed by atoms with E-state index in [1.165, 1.54) is 36.4 Å². The molecule has 2 aliphatic rings. The van der Waals surface area contributed by atoms with Crippen molar-refractivity contribution in [1.29, 1.82) is 0 Å². The molecule has 2 amide bonds. The maximum atomic E-state index is 13.2. The van der Waals surface area contributed by atoms with E-state index < -0.39 is 16.7 Å². The van der Waals surface area contributed by atoms with Gasteiger partial charge in [-0.3, -0.25) is 24.5 Å². The average molecular weight is 430 g/mol. The summed E-state index contributed by atoms with van der Waals surface area (Å²) in [4.78, 5) is 50.4. The number of rotatable bonds is 4. The number of ether oxygens (including phenoxy) is 1. The molecule has 1 heterocycles. The highest BCUT2D eigenvalue weighted by atomic mass is 16.6. The van der Waals surface area contributed by atoms with E-state index in [1.807, 2.05) is 0 Å². The van der Waals surface area contributed by atoms with Crippen molar-refractivity contribution in [3.63, 3.8) is 0 Å². The summed E-state index contributed by atoms with van der Waals surface area (Å²) in [6, 6.07) is 13.5. The van der Waals surface area contributed by atoms with Gasteiger partial charge in [0.1, 0.15) is 5.75 Å². The van der Waals surface area contributed by atoms with E-state index >= 15 is 0 Å². The van der Waals surface area contributed by atoms with E-state index in [1.54, 1.807) is 18.2 Å². The van der Waals surface area contributed by atoms with Crippen LogP contribution < -0.4 is 9.64 Å². The molecule has 1 aliphatic heterocycles. The van der Waals surface area contributed by atoms with Gasteiger partial charge in [0.25, 0.3) is 17.5 Å². The maximum absolute atomic E-state index is 13.2. The number of amides is 2. The molecule has 0 aromatic heterocycles. The smallest absolute Gasteiger partial charge is 0.314 e. The second-order valence-electron chi connectivity index (χ2n) is 8.00. The lowest BCUT2D eigenvalue weighted by molar-refractivity contribution is -0.384. The number of carbonyl (C=O) groups is 3. The average Bonchev–Trinajstić information content (AvgIpc) is 3.33. The number of imide groups is 1. The second kappa shape index (κ2) is 7.56. The van der Waals surface area contributed by atoms with E-state index in [9.17, 15) is 24.5 Å². The summed E-state index contributed by atoms with van der Waals surface area (Å²) in [5.74, 6) is -1.18. The van der Waals surface area contributed by atoms with Crippen LogP contribution in [0.15, 0.2) is 54.6 Å². The van der Waals surface area contributed by atoms with Crippen molar-refractivity contribution in [3.05, 3.63) is 75.8 Å². The van der Waals surface area contributed by atoms with Gasteiger partial charge in [-0.1, -0.05) is 25.0 Å². The van der Waals surface area contributed by atoms with E-state index in [4.69, 9.17) is 4.74 Å². The Labute approximate surface area is 182 Å². The number of benzene rings is 3. The van der Waals surface area contributed by atoms with Crippen LogP contribution in [0.25, 0.3) is 10.8 Å². The number of esters is 1. The molecule has 0 atom stereocenters. The predicted octanol–water partition coefficient (Wildman–Crippen LogP) is 4.64. The molecule has 0 saturated heterocycles. The molecule has 3 aromatic rings. The molecule has 8 heteroatoms. The molecule has 5 rings (SSSR count). The van der Waals surface area contributed by atoms with Gasteiger partial charge in [-0.2, -0.15) is 0 Å². The molecule has 0 spiro atoms. The first-order chi connectivity index (χ1) is 15.4. The standard InChI is InChI=1S/C24H18N2O6/c27-22-19-7-3-6-15-12-17(26(30)31)13-20(21(15)19)23(28)25(22)16-8-10-18(11-9-16)32-24(29)14-4-1-2-5-14/h3,6-14H,1-2,4-5H2. The second-order valence-corrected chi connectivity index (χ2v) is 8.00. The van der Waals surface area contributed by atoms with Gasteiger partial charge in [-0.05, 0) is 48.6 Å². The fourth-order valence-corrected chi connectivity index (χ4v) is 4.46. The molecule has 3 aromatic carbocycles. The Hall–Kier alpha value is -4.07. The number of nitro groups is 1. The molecule has 32 heavy (non-hydrogen) atoms. The lowest BCUT2D eigenvalue weighted by Gasteiger charge is -2.27. The highest BCUT2D eigenvalue weighted by Gasteiger charge is 2.35. The third kappa shape index (κ3) is 3.20. The van der Waals surface area contributed by atoms with Crippen LogP contribution in [0, 0.1) is 16.0 Å². The quantitative estimate of drug-likeness (QED) is 0.196. The fraction of sp³-hybridized carbons (Fsp3) is 0.208. The predicted molar refractivity (Wildman–Crippen MR) is 116 cm³/mol. The topological polar surface area (TPSA) is 107 Å². The largest absolute Gasteiger partial charge is 0.426 e. The van der Waals surface area contributed by atoms with Crippen molar-refractivity contribution in [2.75, 3.05) is 4.90 Å². The summed E-state index contributed by atoms with van der Waals surface area (Å²) < 4.78 is 5.44. The minimum atomic E-state index is -0.641. The van der Waals surface area contributed by atoms with E-state index in [-0.39, 0.29) is 28.8 Å². The SMILES string of the molecule is O=C(Oc1ccc(N2C(=O)c3cccc4cc([N+](=O)[O-])cc(c34)C2=O)cc1)C1CCCC1. The minimum absolute atomic E-state index is 0.0901. The lowest BCUT2D eigenvalue weighted by atomic mass is 9.93. The van der Waals surface area contributed by atoms with Crippen LogP contribution in [-0.4, -0.2) is 22.7 Å². The maximum Gasteiger partial charge on any atom is 0.314 e. The summed E-state index contributed by atoms with van der Waals surface area (Å²) in [6.45, 7) is 0. The van der Waals surface area contributed by atoms with Gasteiger partial charge < -0.3 is 4.74 Å². The Bertz CT molecular complexity index is 1290. The van der Waals surface area contributed by atoms with Crippen LogP contribution >= 0.6 is 0 Å². The number of carbonyl (C=O) groups excluding carboxylic acids is 3. The third-order valence-corrected chi connectivity index (χ3v) is 6.04. The molecule has 0 bridgehead atoms. The Morgan fingerprint density at radius 3 is 2.34 bits per heavy atom. The zero-order chi connectivity index (χ0) is 22.4. The zero-order valence-electron chi connectivity index (χ0n) is 16.9. The Morgan fingerprint density at radius 2 is 1.66 bits per heavy atom. The monoisotopic (exact) mass is 430 g/mol. The number of hydrogen-bond donors (Lipinski definition) is 0. The number of anilines is 1. The summed E-state index contributed by atoms with van der Waals surface area (Å²) in [5, 5.41) is 12.2. The molecular weight excluding hydrogens is 412 g/mol.